The molecule has 0 bridgehead atoms. The van der Waals surface area contributed by atoms with Crippen LogP contribution in [0.2, 0.25) is 0 Å². The number of aryl methyl sites for hydroxylation is 1. The second kappa shape index (κ2) is 21.2. The molecule has 0 N–H and O–H groups in total. The maximum atomic E-state index is 13.1. The first-order chi connectivity index (χ1) is 25.9. The van der Waals surface area contributed by atoms with E-state index in [0.29, 0.717) is 107 Å². The van der Waals surface area contributed by atoms with Crippen LogP contribution in [0.3, 0.4) is 0 Å². The molecule has 0 amide bonds. The van der Waals surface area contributed by atoms with Crippen molar-refractivity contribution in [2.75, 3.05) is 0 Å². The molecule has 12 heteroatoms. The molecular weight excluding hydrogens is 696 g/mol. The fourth-order valence-corrected chi connectivity index (χ4v) is 7.44. The molecule has 0 saturated heterocycles. The van der Waals surface area contributed by atoms with Crippen LogP contribution in [0.15, 0.2) is 43.5 Å². The number of ether oxygens (including phenoxy) is 7. The first kappa shape index (κ1) is 42.7. The van der Waals surface area contributed by atoms with Crippen molar-refractivity contribution in [3.63, 3.8) is 0 Å². The lowest BCUT2D eigenvalue weighted by Gasteiger charge is -2.33. The number of rotatable bonds is 17. The third kappa shape index (κ3) is 12.8. The van der Waals surface area contributed by atoms with Gasteiger partial charge in [-0.15, -0.1) is 0 Å². The van der Waals surface area contributed by atoms with Gasteiger partial charge in [0, 0.05) is 18.6 Å². The van der Waals surface area contributed by atoms with Gasteiger partial charge in [0.25, 0.3) is 0 Å². The van der Waals surface area contributed by atoms with Gasteiger partial charge in [0.2, 0.25) is 6.29 Å². The van der Waals surface area contributed by atoms with E-state index in [0.717, 1.165) is 12.2 Å². The van der Waals surface area contributed by atoms with Gasteiger partial charge in [0.05, 0.1) is 36.1 Å². The van der Waals surface area contributed by atoms with E-state index in [1.54, 1.807) is 25.1 Å². The van der Waals surface area contributed by atoms with Crippen molar-refractivity contribution in [2.24, 2.45) is 17.8 Å². The molecule has 0 radical (unpaired) electrons. The van der Waals surface area contributed by atoms with Crippen molar-refractivity contribution in [1.29, 1.82) is 0 Å². The fourth-order valence-electron chi connectivity index (χ4n) is 7.44. The third-order valence-corrected chi connectivity index (χ3v) is 10.7. The molecule has 298 valence electrons. The maximum Gasteiger partial charge on any atom is 0.330 e. The first-order valence-corrected chi connectivity index (χ1v) is 19.6. The number of hydrogen-bond acceptors (Lipinski definition) is 12. The summed E-state index contributed by atoms with van der Waals surface area (Å²) in [6.45, 7) is 14.4. The Morgan fingerprint density at radius 2 is 1.19 bits per heavy atom. The van der Waals surface area contributed by atoms with Gasteiger partial charge in [-0.25, -0.2) is 9.59 Å². The van der Waals surface area contributed by atoms with Crippen LogP contribution in [0.5, 0.6) is 11.5 Å². The van der Waals surface area contributed by atoms with Crippen LogP contribution in [0.1, 0.15) is 116 Å². The van der Waals surface area contributed by atoms with Crippen LogP contribution in [-0.2, 0) is 47.7 Å². The lowest BCUT2D eigenvalue weighted by Crippen LogP contribution is -2.37. The van der Waals surface area contributed by atoms with Crippen LogP contribution in [0.4, 0.5) is 0 Å². The average molecular weight is 755 g/mol. The molecule has 54 heavy (non-hydrogen) atoms. The molecule has 4 rings (SSSR count). The van der Waals surface area contributed by atoms with Gasteiger partial charge < -0.3 is 33.2 Å². The highest BCUT2D eigenvalue weighted by Gasteiger charge is 2.34. The molecule has 3 aliphatic rings. The third-order valence-electron chi connectivity index (χ3n) is 10.7. The van der Waals surface area contributed by atoms with Crippen LogP contribution in [0, 0.1) is 24.7 Å². The normalized spacial score (nSPS) is 25.9. The van der Waals surface area contributed by atoms with E-state index in [1.807, 2.05) is 20.8 Å². The van der Waals surface area contributed by atoms with E-state index in [9.17, 15) is 24.0 Å². The summed E-state index contributed by atoms with van der Waals surface area (Å²) in [4.78, 5) is 62.1. The van der Waals surface area contributed by atoms with Crippen LogP contribution in [0.25, 0.3) is 0 Å². The molecule has 0 aromatic heterocycles. The maximum absolute atomic E-state index is 13.1. The summed E-state index contributed by atoms with van der Waals surface area (Å²) in [6.07, 6.45) is 9.29. The molecule has 1 aromatic rings. The summed E-state index contributed by atoms with van der Waals surface area (Å²) in [7, 11) is 0. The molecule has 3 saturated carbocycles. The zero-order chi connectivity index (χ0) is 39.2. The topological polar surface area (TPSA) is 150 Å². The van der Waals surface area contributed by atoms with E-state index >= 15 is 0 Å². The zero-order valence-electron chi connectivity index (χ0n) is 32.3. The predicted molar refractivity (Wildman–Crippen MR) is 198 cm³/mol. The molecule has 3 unspecified atom stereocenters. The van der Waals surface area contributed by atoms with Crippen LogP contribution < -0.4 is 9.47 Å². The van der Waals surface area contributed by atoms with E-state index in [2.05, 4.69) is 13.2 Å². The van der Waals surface area contributed by atoms with Crippen molar-refractivity contribution in [2.45, 2.75) is 154 Å². The highest BCUT2D eigenvalue weighted by Crippen LogP contribution is 2.33. The lowest BCUT2D eigenvalue weighted by atomic mass is 9.87. The fraction of sp³-hybridized carbons (Fsp3) is 0.643. The zero-order valence-corrected chi connectivity index (χ0v) is 32.3. The standard InChI is InChI=1S/C42H58O12/c1-7-35(52-38(44)9-3)27(6)48-31-17-11-30(12-18-31)42(47)54-39(10-4)50-33-21-15-28(16-22-33)40(45)51-34-23-24-36(26(5)25-34)53-41(46)29-13-19-32(20-14-29)49-37(43)8-2/h8-9,23-25,27-33,35,39H,2-3,7,10-22H2,1,4-6H3. The van der Waals surface area contributed by atoms with Crippen molar-refractivity contribution < 1.29 is 57.1 Å². The van der Waals surface area contributed by atoms with Gasteiger partial charge in [-0.2, -0.15) is 0 Å². The van der Waals surface area contributed by atoms with Crippen molar-refractivity contribution in [1.82, 2.24) is 0 Å². The molecule has 3 aliphatic carbocycles. The monoisotopic (exact) mass is 754 g/mol. The summed E-state index contributed by atoms with van der Waals surface area (Å²) >= 11 is 0. The Labute approximate surface area is 319 Å². The van der Waals surface area contributed by atoms with Crippen molar-refractivity contribution >= 4 is 29.8 Å². The van der Waals surface area contributed by atoms with Gasteiger partial charge in [-0.1, -0.05) is 27.0 Å². The summed E-state index contributed by atoms with van der Waals surface area (Å²) in [5.74, 6) is -1.83. The summed E-state index contributed by atoms with van der Waals surface area (Å²) in [6, 6.07) is 4.95. The molecule has 3 atom stereocenters. The van der Waals surface area contributed by atoms with Gasteiger partial charge >= 0.3 is 29.8 Å². The Hall–Kier alpha value is -4.03. The van der Waals surface area contributed by atoms with Crippen molar-refractivity contribution in [3.8, 4) is 11.5 Å². The molecule has 12 nitrogen and oxygen atoms in total. The Morgan fingerprint density at radius 3 is 1.70 bits per heavy atom. The summed E-state index contributed by atoms with van der Waals surface area (Å²) in [5, 5.41) is 0. The SMILES string of the molecule is C=CC(=O)OC1CCC(C(=O)Oc2ccc(OC(=O)C3CCC(OC(CC)OC(=O)C4CCC(OC(C)C(CC)OC(=O)C=C)CC4)CC3)cc2C)CC1. The molecule has 0 aliphatic heterocycles. The van der Waals surface area contributed by atoms with E-state index < -0.39 is 18.2 Å². The number of esters is 5. The number of carbonyl (C=O) groups excluding carboxylic acids is 5. The van der Waals surface area contributed by atoms with Gasteiger partial charge in [-0.05, 0) is 121 Å². The molecule has 3 fully saturated rings. The highest BCUT2D eigenvalue weighted by molar-refractivity contribution is 5.82. The number of benzene rings is 1. The highest BCUT2D eigenvalue weighted by atomic mass is 16.7. The van der Waals surface area contributed by atoms with Crippen molar-refractivity contribution in [3.05, 3.63) is 49.1 Å². The smallest absolute Gasteiger partial charge is 0.330 e. The predicted octanol–water partition coefficient (Wildman–Crippen LogP) is 7.42. The van der Waals surface area contributed by atoms with Crippen LogP contribution in [-0.4, -0.2) is 66.7 Å². The van der Waals surface area contributed by atoms with E-state index in [-0.39, 0.29) is 66.2 Å². The first-order valence-electron chi connectivity index (χ1n) is 19.6. The molecule has 0 heterocycles. The number of hydrogen-bond donors (Lipinski definition) is 0. The number of carbonyl (C=O) groups is 5. The Balaban J connectivity index is 1.14. The molecule has 1 aromatic carbocycles. The Morgan fingerprint density at radius 1 is 0.667 bits per heavy atom. The second-order valence-electron chi connectivity index (χ2n) is 14.7. The quantitative estimate of drug-likeness (QED) is 0.0512. The van der Waals surface area contributed by atoms with Gasteiger partial charge in [-0.3, -0.25) is 14.4 Å². The van der Waals surface area contributed by atoms with E-state index in [1.165, 1.54) is 0 Å². The largest absolute Gasteiger partial charge is 0.459 e. The summed E-state index contributed by atoms with van der Waals surface area (Å²) < 4.78 is 40.3. The Bertz CT molecular complexity index is 1450. The van der Waals surface area contributed by atoms with E-state index in [4.69, 9.17) is 33.2 Å². The lowest BCUT2D eigenvalue weighted by molar-refractivity contribution is -0.200. The minimum atomic E-state index is -0.655. The average Bonchev–Trinajstić information content (AvgIpc) is 3.18. The molecule has 0 spiro atoms. The minimum Gasteiger partial charge on any atom is -0.459 e. The Kier molecular flexibility index (Phi) is 16.7. The molecular formula is C42H58O12. The second-order valence-corrected chi connectivity index (χ2v) is 14.7. The van der Waals surface area contributed by atoms with Gasteiger partial charge in [0.15, 0.2) is 0 Å². The van der Waals surface area contributed by atoms with Gasteiger partial charge in [0.1, 0.15) is 23.7 Å². The summed E-state index contributed by atoms with van der Waals surface area (Å²) in [5.41, 5.74) is 0.671. The minimum absolute atomic E-state index is 0.0194. The van der Waals surface area contributed by atoms with Crippen LogP contribution >= 0.6 is 0 Å².